The van der Waals surface area contributed by atoms with Crippen LogP contribution in [-0.4, -0.2) is 31.3 Å². The molecule has 6 nitrogen and oxygen atoms in total. The SMILES string of the molecule is CCOC(=O)c1cccc(NC(=O)N2C[C@@H](C)Oc3ccc(C)cc32)c1. The monoisotopic (exact) mass is 354 g/mol. The first-order chi connectivity index (χ1) is 12.5. The summed E-state index contributed by atoms with van der Waals surface area (Å²) < 4.78 is 10.8. The molecule has 0 aromatic heterocycles. The lowest BCUT2D eigenvalue weighted by Gasteiger charge is -2.33. The Balaban J connectivity index is 1.82. The molecule has 0 fully saturated rings. The number of nitrogens with one attached hydrogen (secondary N) is 1. The maximum absolute atomic E-state index is 12.8. The number of anilines is 2. The van der Waals surface area contributed by atoms with E-state index in [4.69, 9.17) is 9.47 Å². The van der Waals surface area contributed by atoms with E-state index >= 15 is 0 Å². The molecule has 0 aliphatic carbocycles. The number of amides is 2. The van der Waals surface area contributed by atoms with E-state index in [0.29, 0.717) is 30.2 Å². The summed E-state index contributed by atoms with van der Waals surface area (Å²) in [5.74, 6) is 0.273. The summed E-state index contributed by atoms with van der Waals surface area (Å²) in [5, 5.41) is 2.85. The van der Waals surface area contributed by atoms with Gasteiger partial charge in [0.25, 0.3) is 0 Å². The van der Waals surface area contributed by atoms with Crippen LogP contribution in [0.15, 0.2) is 42.5 Å². The van der Waals surface area contributed by atoms with Gasteiger partial charge in [-0.2, -0.15) is 0 Å². The highest BCUT2D eigenvalue weighted by atomic mass is 16.5. The molecule has 2 amide bonds. The zero-order chi connectivity index (χ0) is 18.7. The molecule has 1 aliphatic rings. The Hall–Kier alpha value is -3.02. The van der Waals surface area contributed by atoms with E-state index in [2.05, 4.69) is 5.32 Å². The maximum atomic E-state index is 12.8. The fourth-order valence-electron chi connectivity index (χ4n) is 2.87. The molecule has 1 atom stereocenters. The van der Waals surface area contributed by atoms with Gasteiger partial charge in [0.1, 0.15) is 11.9 Å². The second-order valence-electron chi connectivity index (χ2n) is 6.24. The Morgan fingerprint density at radius 1 is 1.27 bits per heavy atom. The highest BCUT2D eigenvalue weighted by Crippen LogP contribution is 2.34. The smallest absolute Gasteiger partial charge is 0.338 e. The molecule has 2 aromatic rings. The quantitative estimate of drug-likeness (QED) is 0.846. The third kappa shape index (κ3) is 3.79. The van der Waals surface area contributed by atoms with Crippen LogP contribution in [0.3, 0.4) is 0 Å². The van der Waals surface area contributed by atoms with Gasteiger partial charge in [-0.3, -0.25) is 4.90 Å². The molecule has 1 heterocycles. The molecule has 1 N–H and O–H groups in total. The van der Waals surface area contributed by atoms with Crippen molar-refractivity contribution >= 4 is 23.4 Å². The number of rotatable bonds is 3. The number of benzene rings is 2. The number of urea groups is 1. The average Bonchev–Trinajstić information content (AvgIpc) is 2.62. The molecular formula is C20H22N2O4. The number of hydrogen-bond acceptors (Lipinski definition) is 4. The normalized spacial score (nSPS) is 15.7. The van der Waals surface area contributed by atoms with Crippen LogP contribution in [0.25, 0.3) is 0 Å². The predicted octanol–water partition coefficient (Wildman–Crippen LogP) is 3.99. The van der Waals surface area contributed by atoms with Crippen LogP contribution in [0.1, 0.15) is 29.8 Å². The summed E-state index contributed by atoms with van der Waals surface area (Å²) >= 11 is 0. The first-order valence-corrected chi connectivity index (χ1v) is 8.61. The number of carbonyl (C=O) groups excluding carboxylic acids is 2. The van der Waals surface area contributed by atoms with Crippen LogP contribution in [0.5, 0.6) is 5.75 Å². The van der Waals surface area contributed by atoms with Crippen molar-refractivity contribution < 1.29 is 19.1 Å². The topological polar surface area (TPSA) is 67.9 Å². The van der Waals surface area contributed by atoms with Crippen molar-refractivity contribution in [2.75, 3.05) is 23.4 Å². The van der Waals surface area contributed by atoms with Gasteiger partial charge in [-0.15, -0.1) is 0 Å². The second-order valence-corrected chi connectivity index (χ2v) is 6.24. The average molecular weight is 354 g/mol. The molecule has 0 unspecified atom stereocenters. The Labute approximate surface area is 152 Å². The predicted molar refractivity (Wildman–Crippen MR) is 100 cm³/mol. The Bertz CT molecular complexity index is 834. The van der Waals surface area contributed by atoms with Gasteiger partial charge < -0.3 is 14.8 Å². The second kappa shape index (κ2) is 7.47. The van der Waals surface area contributed by atoms with Gasteiger partial charge in [0.15, 0.2) is 0 Å². The first kappa shape index (κ1) is 17.8. The van der Waals surface area contributed by atoms with Gasteiger partial charge in [-0.25, -0.2) is 9.59 Å². The third-order valence-corrected chi connectivity index (χ3v) is 4.04. The molecule has 3 rings (SSSR count). The molecule has 0 saturated carbocycles. The highest BCUT2D eigenvalue weighted by molar-refractivity contribution is 6.03. The summed E-state index contributed by atoms with van der Waals surface area (Å²) in [6.07, 6.45) is -0.109. The zero-order valence-corrected chi connectivity index (χ0v) is 15.1. The molecule has 0 radical (unpaired) electrons. The molecule has 1 aliphatic heterocycles. The van der Waals surface area contributed by atoms with Crippen molar-refractivity contribution in [2.24, 2.45) is 0 Å². The maximum Gasteiger partial charge on any atom is 0.338 e. The number of ether oxygens (including phenoxy) is 2. The molecule has 2 aromatic carbocycles. The zero-order valence-electron chi connectivity index (χ0n) is 15.1. The minimum Gasteiger partial charge on any atom is -0.487 e. The number of hydrogen-bond donors (Lipinski definition) is 1. The lowest BCUT2D eigenvalue weighted by atomic mass is 10.1. The Kier molecular flexibility index (Phi) is 5.11. The molecule has 0 spiro atoms. The van der Waals surface area contributed by atoms with E-state index in [1.807, 2.05) is 32.0 Å². The third-order valence-electron chi connectivity index (χ3n) is 4.04. The summed E-state index contributed by atoms with van der Waals surface area (Å²) in [5.41, 5.74) is 2.72. The van der Waals surface area contributed by atoms with Crippen LogP contribution in [-0.2, 0) is 4.74 Å². The summed E-state index contributed by atoms with van der Waals surface area (Å²) in [6.45, 7) is 6.39. The van der Waals surface area contributed by atoms with Crippen molar-refractivity contribution in [1.82, 2.24) is 0 Å². The minimum absolute atomic E-state index is 0.109. The molecule has 0 bridgehead atoms. The van der Waals surface area contributed by atoms with Gasteiger partial charge >= 0.3 is 12.0 Å². The lowest BCUT2D eigenvalue weighted by molar-refractivity contribution is 0.0526. The van der Waals surface area contributed by atoms with Crippen LogP contribution in [0.4, 0.5) is 16.2 Å². The van der Waals surface area contributed by atoms with E-state index in [0.717, 1.165) is 11.3 Å². The van der Waals surface area contributed by atoms with E-state index in [1.54, 1.807) is 36.1 Å². The number of nitrogens with zero attached hydrogens (tertiary/aromatic N) is 1. The number of esters is 1. The van der Waals surface area contributed by atoms with Crippen molar-refractivity contribution in [3.05, 3.63) is 53.6 Å². The van der Waals surface area contributed by atoms with Gasteiger partial charge in [0, 0.05) is 5.69 Å². The van der Waals surface area contributed by atoms with Gasteiger partial charge in [-0.1, -0.05) is 12.1 Å². The van der Waals surface area contributed by atoms with Crippen molar-refractivity contribution in [2.45, 2.75) is 26.9 Å². The van der Waals surface area contributed by atoms with Crippen LogP contribution < -0.4 is 15.0 Å². The number of carbonyl (C=O) groups is 2. The fraction of sp³-hybridized carbons (Fsp3) is 0.300. The van der Waals surface area contributed by atoms with Gasteiger partial charge in [-0.05, 0) is 56.7 Å². The van der Waals surface area contributed by atoms with Crippen molar-refractivity contribution in [3.8, 4) is 5.75 Å². The van der Waals surface area contributed by atoms with Crippen LogP contribution >= 0.6 is 0 Å². The minimum atomic E-state index is -0.412. The Morgan fingerprint density at radius 2 is 2.08 bits per heavy atom. The van der Waals surface area contributed by atoms with E-state index in [9.17, 15) is 9.59 Å². The van der Waals surface area contributed by atoms with Crippen LogP contribution in [0, 0.1) is 6.92 Å². The van der Waals surface area contributed by atoms with Crippen LogP contribution in [0.2, 0.25) is 0 Å². The first-order valence-electron chi connectivity index (χ1n) is 8.61. The molecule has 0 saturated heterocycles. The lowest BCUT2D eigenvalue weighted by Crippen LogP contribution is -2.44. The highest BCUT2D eigenvalue weighted by Gasteiger charge is 2.27. The largest absolute Gasteiger partial charge is 0.487 e. The molecule has 136 valence electrons. The van der Waals surface area contributed by atoms with Crippen molar-refractivity contribution in [3.63, 3.8) is 0 Å². The van der Waals surface area contributed by atoms with Gasteiger partial charge in [0.05, 0.1) is 24.4 Å². The van der Waals surface area contributed by atoms with Gasteiger partial charge in [0.2, 0.25) is 0 Å². The number of fused-ring (bicyclic) bond motifs is 1. The van der Waals surface area contributed by atoms with E-state index in [1.165, 1.54) is 0 Å². The van der Waals surface area contributed by atoms with E-state index in [-0.39, 0.29) is 12.1 Å². The summed E-state index contributed by atoms with van der Waals surface area (Å²) in [7, 11) is 0. The van der Waals surface area contributed by atoms with E-state index < -0.39 is 5.97 Å². The standard InChI is InChI=1S/C20H22N2O4/c1-4-25-19(23)15-6-5-7-16(11-15)21-20(24)22-12-14(3)26-18-9-8-13(2)10-17(18)22/h5-11,14H,4,12H2,1-3H3,(H,21,24)/t14-/m1/s1. The summed E-state index contributed by atoms with van der Waals surface area (Å²) in [4.78, 5) is 26.4. The summed E-state index contributed by atoms with van der Waals surface area (Å²) in [6, 6.07) is 12.2. The number of aryl methyl sites for hydroxylation is 1. The molecular weight excluding hydrogens is 332 g/mol. The fourth-order valence-corrected chi connectivity index (χ4v) is 2.87. The Morgan fingerprint density at radius 3 is 2.85 bits per heavy atom. The molecule has 26 heavy (non-hydrogen) atoms. The molecule has 6 heteroatoms. The van der Waals surface area contributed by atoms with Crippen molar-refractivity contribution in [1.29, 1.82) is 0 Å².